The van der Waals surface area contributed by atoms with Crippen molar-refractivity contribution in [2.24, 2.45) is 0 Å². The summed E-state index contributed by atoms with van der Waals surface area (Å²) in [4.78, 5) is 4.44. The van der Waals surface area contributed by atoms with Crippen molar-refractivity contribution in [1.82, 2.24) is 4.98 Å². The number of aryl methyl sites for hydroxylation is 1. The molecule has 0 spiro atoms. The van der Waals surface area contributed by atoms with Crippen molar-refractivity contribution < 1.29 is 0 Å². The number of hydrogen-bond acceptors (Lipinski definition) is 4. The number of nitrogens with one attached hydrogen (secondary N) is 1. The van der Waals surface area contributed by atoms with Crippen LogP contribution in [0.2, 0.25) is 0 Å². The van der Waals surface area contributed by atoms with Crippen molar-refractivity contribution in [2.75, 3.05) is 11.6 Å². The van der Waals surface area contributed by atoms with Crippen molar-refractivity contribution in [3.63, 3.8) is 0 Å². The lowest BCUT2D eigenvalue weighted by Crippen LogP contribution is -2.27. The van der Waals surface area contributed by atoms with E-state index < -0.39 is 0 Å². The molecule has 0 radical (unpaired) electrons. The molecule has 0 atom stereocenters. The van der Waals surface area contributed by atoms with Crippen LogP contribution in [0.1, 0.15) is 36.9 Å². The van der Waals surface area contributed by atoms with Gasteiger partial charge in [-0.25, -0.2) is 4.98 Å². The first-order chi connectivity index (χ1) is 8.72. The largest absolute Gasteiger partial charge is 0.366 e. The molecule has 1 fully saturated rings. The summed E-state index contributed by atoms with van der Waals surface area (Å²) in [6.45, 7) is 1.96. The summed E-state index contributed by atoms with van der Waals surface area (Å²) in [7, 11) is 0. The molecule has 1 aliphatic rings. The van der Waals surface area contributed by atoms with E-state index >= 15 is 0 Å². The number of thioether (sulfide) groups is 1. The highest BCUT2D eigenvalue weighted by Gasteiger charge is 2.21. The molecule has 1 aromatic heterocycles. The van der Waals surface area contributed by atoms with Crippen LogP contribution in [-0.2, 0) is 0 Å². The Balaban J connectivity index is 2.02. The lowest BCUT2D eigenvalue weighted by atomic mass is 9.95. The molecule has 4 heteroatoms. The molecule has 0 unspecified atom stereocenters. The smallest absolute Gasteiger partial charge is 0.144 e. The average molecular weight is 261 g/mol. The number of hydrogen-bond donors (Lipinski definition) is 1. The van der Waals surface area contributed by atoms with Gasteiger partial charge in [0.1, 0.15) is 11.9 Å². The minimum Gasteiger partial charge on any atom is -0.366 e. The summed E-state index contributed by atoms with van der Waals surface area (Å²) in [6, 6.07) is 6.40. The highest BCUT2D eigenvalue weighted by Crippen LogP contribution is 2.28. The zero-order valence-corrected chi connectivity index (χ0v) is 11.8. The molecule has 0 aliphatic heterocycles. The van der Waals surface area contributed by atoms with Gasteiger partial charge in [-0.05, 0) is 51.0 Å². The van der Waals surface area contributed by atoms with E-state index in [1.807, 2.05) is 30.8 Å². The molecular weight excluding hydrogens is 242 g/mol. The van der Waals surface area contributed by atoms with E-state index in [-0.39, 0.29) is 0 Å². The maximum Gasteiger partial charge on any atom is 0.144 e. The van der Waals surface area contributed by atoms with Crippen molar-refractivity contribution in [3.8, 4) is 6.07 Å². The molecule has 0 saturated heterocycles. The Hall–Kier alpha value is -1.21. The lowest BCUT2D eigenvalue weighted by Gasteiger charge is -2.28. The quantitative estimate of drug-likeness (QED) is 0.906. The maximum absolute atomic E-state index is 9.09. The first-order valence-electron chi connectivity index (χ1n) is 6.40. The number of nitriles is 1. The van der Waals surface area contributed by atoms with Gasteiger partial charge in [-0.2, -0.15) is 17.0 Å². The third-order valence-electron chi connectivity index (χ3n) is 3.50. The molecule has 0 amide bonds. The van der Waals surface area contributed by atoms with Gasteiger partial charge in [-0.15, -0.1) is 0 Å². The SMILES string of the molecule is CSC1CCC(Nc2nc(C)ccc2C#N)CC1. The number of nitrogens with zero attached hydrogens (tertiary/aromatic N) is 2. The van der Waals surface area contributed by atoms with Crippen LogP contribution in [0.4, 0.5) is 5.82 Å². The Morgan fingerprint density at radius 1 is 1.33 bits per heavy atom. The van der Waals surface area contributed by atoms with Crippen LogP contribution in [-0.4, -0.2) is 22.5 Å². The molecule has 0 bridgehead atoms. The minimum atomic E-state index is 0.467. The molecule has 3 nitrogen and oxygen atoms in total. The van der Waals surface area contributed by atoms with Gasteiger partial charge in [0.15, 0.2) is 0 Å². The molecule has 1 saturated carbocycles. The zero-order valence-electron chi connectivity index (χ0n) is 10.9. The van der Waals surface area contributed by atoms with Crippen molar-refractivity contribution >= 4 is 17.6 Å². The molecule has 2 rings (SSSR count). The van der Waals surface area contributed by atoms with Gasteiger partial charge in [0.2, 0.25) is 0 Å². The lowest BCUT2D eigenvalue weighted by molar-refractivity contribution is 0.472. The van der Waals surface area contributed by atoms with E-state index in [0.29, 0.717) is 11.6 Å². The number of anilines is 1. The van der Waals surface area contributed by atoms with Gasteiger partial charge in [0.05, 0.1) is 5.56 Å². The highest BCUT2D eigenvalue weighted by molar-refractivity contribution is 7.99. The van der Waals surface area contributed by atoms with Gasteiger partial charge < -0.3 is 5.32 Å². The van der Waals surface area contributed by atoms with Crippen molar-refractivity contribution in [3.05, 3.63) is 23.4 Å². The summed E-state index contributed by atoms with van der Waals surface area (Å²) in [6.07, 6.45) is 7.05. The third kappa shape index (κ3) is 3.17. The fourth-order valence-electron chi connectivity index (χ4n) is 2.39. The van der Waals surface area contributed by atoms with Crippen LogP contribution in [0.3, 0.4) is 0 Å². The second kappa shape index (κ2) is 6.10. The fourth-order valence-corrected chi connectivity index (χ4v) is 3.14. The first-order valence-corrected chi connectivity index (χ1v) is 7.69. The van der Waals surface area contributed by atoms with E-state index in [4.69, 9.17) is 5.26 Å². The van der Waals surface area contributed by atoms with Crippen LogP contribution in [0.15, 0.2) is 12.1 Å². The number of pyridine rings is 1. The average Bonchev–Trinajstić information content (AvgIpc) is 2.40. The molecule has 1 aromatic rings. The predicted octanol–water partition coefficient (Wildman–Crippen LogP) is 3.35. The Kier molecular flexibility index (Phi) is 4.48. The van der Waals surface area contributed by atoms with Gasteiger partial charge in [-0.1, -0.05) is 0 Å². The van der Waals surface area contributed by atoms with E-state index in [0.717, 1.165) is 16.8 Å². The van der Waals surface area contributed by atoms with Gasteiger partial charge >= 0.3 is 0 Å². The highest BCUT2D eigenvalue weighted by atomic mass is 32.2. The number of aromatic nitrogens is 1. The molecule has 0 aromatic carbocycles. The fraction of sp³-hybridized carbons (Fsp3) is 0.571. The Morgan fingerprint density at radius 3 is 2.67 bits per heavy atom. The topological polar surface area (TPSA) is 48.7 Å². The molecule has 1 aliphatic carbocycles. The van der Waals surface area contributed by atoms with Crippen LogP contribution in [0.25, 0.3) is 0 Å². The molecule has 1 heterocycles. The standard InChI is InChI=1S/C14H19N3S/c1-10-3-4-11(9-15)14(16-10)17-12-5-7-13(18-2)8-6-12/h3-4,12-13H,5-8H2,1-2H3,(H,16,17). The Morgan fingerprint density at radius 2 is 2.06 bits per heavy atom. The summed E-state index contributed by atoms with van der Waals surface area (Å²) >= 11 is 1.97. The van der Waals surface area contributed by atoms with Crippen molar-refractivity contribution in [1.29, 1.82) is 5.26 Å². The summed E-state index contributed by atoms with van der Waals surface area (Å²) < 4.78 is 0. The van der Waals surface area contributed by atoms with E-state index in [1.54, 1.807) is 0 Å². The predicted molar refractivity (Wildman–Crippen MR) is 76.9 cm³/mol. The van der Waals surface area contributed by atoms with Crippen molar-refractivity contribution in [2.45, 2.75) is 43.9 Å². The van der Waals surface area contributed by atoms with Crippen LogP contribution < -0.4 is 5.32 Å². The van der Waals surface area contributed by atoms with Gasteiger partial charge in [0.25, 0.3) is 0 Å². The monoisotopic (exact) mass is 261 g/mol. The van der Waals surface area contributed by atoms with Crippen LogP contribution in [0.5, 0.6) is 0 Å². The third-order valence-corrected chi connectivity index (χ3v) is 4.64. The van der Waals surface area contributed by atoms with Crippen LogP contribution >= 0.6 is 11.8 Å². The Bertz CT molecular complexity index is 445. The van der Waals surface area contributed by atoms with Gasteiger partial charge in [0, 0.05) is 17.0 Å². The summed E-state index contributed by atoms with van der Waals surface area (Å²) in [5.74, 6) is 0.755. The summed E-state index contributed by atoms with van der Waals surface area (Å²) in [5.41, 5.74) is 1.60. The zero-order chi connectivity index (χ0) is 13.0. The van der Waals surface area contributed by atoms with Crippen LogP contribution in [0, 0.1) is 18.3 Å². The van der Waals surface area contributed by atoms with E-state index in [1.165, 1.54) is 25.7 Å². The molecular formula is C14H19N3S. The second-order valence-corrected chi connectivity index (χ2v) is 5.95. The Labute approximate surface area is 113 Å². The van der Waals surface area contributed by atoms with Gasteiger partial charge in [-0.3, -0.25) is 0 Å². The maximum atomic E-state index is 9.09. The van der Waals surface area contributed by atoms with E-state index in [9.17, 15) is 0 Å². The first kappa shape index (κ1) is 13.2. The minimum absolute atomic E-state index is 0.467. The molecule has 96 valence electrons. The van der Waals surface area contributed by atoms with E-state index in [2.05, 4.69) is 22.6 Å². The molecule has 18 heavy (non-hydrogen) atoms. The second-order valence-electron chi connectivity index (χ2n) is 4.81. The molecule has 1 N–H and O–H groups in total. The normalized spacial score (nSPS) is 23.4. The number of rotatable bonds is 3. The summed E-state index contributed by atoms with van der Waals surface area (Å²) in [5, 5.41) is 13.3.